The van der Waals surface area contributed by atoms with E-state index in [-0.39, 0.29) is 29.8 Å². The molecule has 1 atom stereocenters. The zero-order valence-corrected chi connectivity index (χ0v) is 18.1. The van der Waals surface area contributed by atoms with Gasteiger partial charge in [0, 0.05) is 12.1 Å². The number of unbranched alkanes of at least 4 members (excludes halogenated alkanes) is 1. The number of ether oxygens (including phenoxy) is 1. The molecular formula is C23H33ClN2O3. The minimum absolute atomic E-state index is 0.0954. The van der Waals surface area contributed by atoms with Gasteiger partial charge in [-0.2, -0.15) is 0 Å². The van der Waals surface area contributed by atoms with Crippen molar-refractivity contribution < 1.29 is 14.3 Å². The number of nitrogens with one attached hydrogen (secondary N) is 1. The molecule has 2 saturated carbocycles. The van der Waals surface area contributed by atoms with E-state index in [9.17, 15) is 9.59 Å². The fourth-order valence-corrected chi connectivity index (χ4v) is 4.16. The summed E-state index contributed by atoms with van der Waals surface area (Å²) in [6, 6.07) is 7.25. The van der Waals surface area contributed by atoms with Crippen LogP contribution in [0.1, 0.15) is 76.3 Å². The molecule has 5 nitrogen and oxygen atoms in total. The van der Waals surface area contributed by atoms with Crippen LogP contribution in [0.25, 0.3) is 0 Å². The van der Waals surface area contributed by atoms with Crippen LogP contribution in [0.5, 0.6) is 5.75 Å². The van der Waals surface area contributed by atoms with Crippen LogP contribution in [-0.4, -0.2) is 41.3 Å². The van der Waals surface area contributed by atoms with E-state index in [1.54, 1.807) is 4.90 Å². The Labute approximate surface area is 179 Å². The van der Waals surface area contributed by atoms with Gasteiger partial charge in [-0.15, -0.1) is 11.6 Å². The van der Waals surface area contributed by atoms with Crippen LogP contribution in [0, 0.1) is 0 Å². The predicted molar refractivity (Wildman–Crippen MR) is 115 cm³/mol. The van der Waals surface area contributed by atoms with E-state index in [4.69, 9.17) is 16.3 Å². The maximum Gasteiger partial charge on any atom is 0.247 e. The van der Waals surface area contributed by atoms with E-state index in [0.29, 0.717) is 6.61 Å². The number of hydrogen-bond donors (Lipinski definition) is 1. The van der Waals surface area contributed by atoms with E-state index >= 15 is 0 Å². The van der Waals surface area contributed by atoms with Crippen LogP contribution in [-0.2, 0) is 9.59 Å². The molecule has 1 unspecified atom stereocenters. The first-order valence-corrected chi connectivity index (χ1v) is 11.6. The number of halogens is 1. The fourth-order valence-electron chi connectivity index (χ4n) is 4.03. The smallest absolute Gasteiger partial charge is 0.247 e. The quantitative estimate of drug-likeness (QED) is 0.445. The Morgan fingerprint density at radius 3 is 2.41 bits per heavy atom. The lowest BCUT2D eigenvalue weighted by Crippen LogP contribution is -2.48. The van der Waals surface area contributed by atoms with Gasteiger partial charge in [0.05, 0.1) is 6.61 Å². The van der Waals surface area contributed by atoms with Crippen molar-refractivity contribution >= 4 is 23.4 Å². The molecule has 0 saturated heterocycles. The zero-order chi connectivity index (χ0) is 20.6. The molecule has 29 heavy (non-hydrogen) atoms. The molecule has 160 valence electrons. The van der Waals surface area contributed by atoms with Crippen molar-refractivity contribution in [2.24, 2.45) is 0 Å². The van der Waals surface area contributed by atoms with Crippen molar-refractivity contribution in [1.82, 2.24) is 10.2 Å². The van der Waals surface area contributed by atoms with E-state index in [1.165, 1.54) is 6.42 Å². The number of amides is 2. The highest BCUT2D eigenvalue weighted by atomic mass is 35.5. The fraction of sp³-hybridized carbons (Fsp3) is 0.652. The highest BCUT2D eigenvalue weighted by molar-refractivity contribution is 6.27. The van der Waals surface area contributed by atoms with Gasteiger partial charge in [-0.1, -0.05) is 44.7 Å². The summed E-state index contributed by atoms with van der Waals surface area (Å²) < 4.78 is 5.75. The SMILES string of the molecule is CCCCOc1ccc(C(C(=O)NC2CCCCC2)N(C(=O)CCl)C2CC2)cc1. The number of nitrogens with zero attached hydrogens (tertiary/aromatic N) is 1. The monoisotopic (exact) mass is 420 g/mol. The maximum absolute atomic E-state index is 13.3. The Bertz CT molecular complexity index is 669. The van der Waals surface area contributed by atoms with Crippen molar-refractivity contribution in [3.8, 4) is 5.75 Å². The molecule has 0 heterocycles. The van der Waals surface area contributed by atoms with Gasteiger partial charge < -0.3 is 15.0 Å². The third kappa shape index (κ3) is 6.11. The molecule has 1 aromatic carbocycles. The van der Waals surface area contributed by atoms with Gasteiger partial charge in [-0.3, -0.25) is 9.59 Å². The second kappa shape index (κ2) is 10.9. The first-order valence-electron chi connectivity index (χ1n) is 11.0. The molecule has 2 aliphatic carbocycles. The second-order valence-electron chi connectivity index (χ2n) is 8.18. The van der Waals surface area contributed by atoms with Crippen LogP contribution in [0.15, 0.2) is 24.3 Å². The number of rotatable bonds is 10. The summed E-state index contributed by atoms with van der Waals surface area (Å²) in [5.41, 5.74) is 0.812. The van der Waals surface area contributed by atoms with Crippen molar-refractivity contribution in [3.05, 3.63) is 29.8 Å². The molecule has 1 N–H and O–H groups in total. The minimum atomic E-state index is -0.639. The van der Waals surface area contributed by atoms with Crippen LogP contribution < -0.4 is 10.1 Å². The van der Waals surface area contributed by atoms with Crippen LogP contribution in [0.2, 0.25) is 0 Å². The first-order chi connectivity index (χ1) is 14.1. The van der Waals surface area contributed by atoms with Crippen molar-refractivity contribution in [3.63, 3.8) is 0 Å². The van der Waals surface area contributed by atoms with Gasteiger partial charge in [0.15, 0.2) is 0 Å². The van der Waals surface area contributed by atoms with Gasteiger partial charge in [-0.25, -0.2) is 0 Å². The third-order valence-electron chi connectivity index (χ3n) is 5.78. The Balaban J connectivity index is 1.79. The minimum Gasteiger partial charge on any atom is -0.494 e. The Morgan fingerprint density at radius 1 is 1.14 bits per heavy atom. The average molecular weight is 421 g/mol. The van der Waals surface area contributed by atoms with Crippen LogP contribution in [0.4, 0.5) is 0 Å². The van der Waals surface area contributed by atoms with Gasteiger partial charge in [0.25, 0.3) is 0 Å². The van der Waals surface area contributed by atoms with Crippen molar-refractivity contribution in [2.45, 2.75) is 82.8 Å². The van der Waals surface area contributed by atoms with Gasteiger partial charge in [-0.05, 0) is 49.8 Å². The highest BCUT2D eigenvalue weighted by Crippen LogP contribution is 2.36. The molecular weight excluding hydrogens is 388 g/mol. The third-order valence-corrected chi connectivity index (χ3v) is 6.01. The lowest BCUT2D eigenvalue weighted by molar-refractivity contribution is -0.140. The summed E-state index contributed by atoms with van der Waals surface area (Å²) in [6.07, 6.45) is 9.48. The summed E-state index contributed by atoms with van der Waals surface area (Å²) >= 11 is 5.90. The normalized spacial score (nSPS) is 18.1. The summed E-state index contributed by atoms with van der Waals surface area (Å²) in [5, 5.41) is 3.21. The lowest BCUT2D eigenvalue weighted by atomic mass is 9.94. The van der Waals surface area contributed by atoms with E-state index < -0.39 is 6.04 Å². The van der Waals surface area contributed by atoms with Gasteiger partial charge in [0.2, 0.25) is 11.8 Å². The van der Waals surface area contributed by atoms with Gasteiger partial charge >= 0.3 is 0 Å². The molecule has 3 rings (SSSR count). The average Bonchev–Trinajstić information content (AvgIpc) is 3.58. The summed E-state index contributed by atoms with van der Waals surface area (Å²) in [7, 11) is 0. The maximum atomic E-state index is 13.3. The molecule has 0 radical (unpaired) electrons. The van der Waals surface area contributed by atoms with Crippen molar-refractivity contribution in [1.29, 1.82) is 0 Å². The molecule has 0 aromatic heterocycles. The number of hydrogen-bond acceptors (Lipinski definition) is 3. The number of carbonyl (C=O) groups is 2. The molecule has 2 fully saturated rings. The standard InChI is InChI=1S/C23H33ClN2O3/c1-2-3-15-29-20-13-9-17(10-14-20)22(26(19-11-12-19)21(27)16-24)23(28)25-18-7-5-4-6-8-18/h9-10,13-14,18-19,22H,2-8,11-12,15-16H2,1H3,(H,25,28). The number of benzene rings is 1. The molecule has 0 spiro atoms. The predicted octanol–water partition coefficient (Wildman–Crippen LogP) is 4.59. The molecule has 2 aliphatic rings. The summed E-state index contributed by atoms with van der Waals surface area (Å²) in [6.45, 7) is 2.81. The molecule has 6 heteroatoms. The van der Waals surface area contributed by atoms with E-state index in [0.717, 1.165) is 62.7 Å². The Hall–Kier alpha value is -1.75. The lowest BCUT2D eigenvalue weighted by Gasteiger charge is -2.33. The molecule has 0 bridgehead atoms. The zero-order valence-electron chi connectivity index (χ0n) is 17.4. The largest absolute Gasteiger partial charge is 0.494 e. The molecule has 2 amide bonds. The molecule has 1 aromatic rings. The second-order valence-corrected chi connectivity index (χ2v) is 8.45. The number of carbonyl (C=O) groups excluding carboxylic acids is 2. The summed E-state index contributed by atoms with van der Waals surface area (Å²) in [5.74, 6) is 0.403. The van der Waals surface area contributed by atoms with E-state index in [2.05, 4.69) is 12.2 Å². The summed E-state index contributed by atoms with van der Waals surface area (Å²) in [4.78, 5) is 27.7. The van der Waals surface area contributed by atoms with Crippen LogP contribution in [0.3, 0.4) is 0 Å². The number of alkyl halides is 1. The molecule has 0 aliphatic heterocycles. The van der Waals surface area contributed by atoms with Gasteiger partial charge in [0.1, 0.15) is 17.7 Å². The topological polar surface area (TPSA) is 58.6 Å². The highest BCUT2D eigenvalue weighted by Gasteiger charge is 2.41. The van der Waals surface area contributed by atoms with Crippen LogP contribution >= 0.6 is 11.6 Å². The van der Waals surface area contributed by atoms with Crippen molar-refractivity contribution in [2.75, 3.05) is 12.5 Å². The Morgan fingerprint density at radius 2 is 1.83 bits per heavy atom. The first kappa shape index (κ1) is 21.9. The Kier molecular flexibility index (Phi) is 8.22. The van der Waals surface area contributed by atoms with E-state index in [1.807, 2.05) is 24.3 Å².